The highest BCUT2D eigenvalue weighted by Crippen LogP contribution is 2.35. The molecule has 1 unspecified atom stereocenters. The fourth-order valence-electron chi connectivity index (χ4n) is 2.06. The molecule has 1 aliphatic carbocycles. The van der Waals surface area contributed by atoms with Crippen LogP contribution in [-0.2, 0) is 6.42 Å². The highest BCUT2D eigenvalue weighted by Gasteiger charge is 2.22. The van der Waals surface area contributed by atoms with Crippen molar-refractivity contribution in [3.8, 4) is 0 Å². The van der Waals surface area contributed by atoms with Crippen LogP contribution in [0.2, 0.25) is 0 Å². The summed E-state index contributed by atoms with van der Waals surface area (Å²) in [7, 11) is 0. The molecule has 3 heteroatoms. The number of fused-ring (bicyclic) bond motifs is 1. The molecule has 1 atom stereocenters. The standard InChI is InChI=1S/C11H14BrNO/c12-10-3-1-2-9-8(10)4-5-11(9)13-6-7-14/h1-3,11,13-14H,4-7H2. The number of hydrogen-bond donors (Lipinski definition) is 2. The molecule has 0 aromatic heterocycles. The van der Waals surface area contributed by atoms with Gasteiger partial charge in [-0.15, -0.1) is 0 Å². The van der Waals surface area contributed by atoms with E-state index in [1.807, 2.05) is 0 Å². The van der Waals surface area contributed by atoms with Crippen LogP contribution >= 0.6 is 15.9 Å². The van der Waals surface area contributed by atoms with Crippen LogP contribution in [0, 0.1) is 0 Å². The van der Waals surface area contributed by atoms with Crippen molar-refractivity contribution in [2.24, 2.45) is 0 Å². The normalized spacial score (nSPS) is 19.7. The summed E-state index contributed by atoms with van der Waals surface area (Å²) in [6.07, 6.45) is 2.26. The maximum Gasteiger partial charge on any atom is 0.0556 e. The van der Waals surface area contributed by atoms with E-state index in [9.17, 15) is 0 Å². The molecule has 2 N–H and O–H groups in total. The largest absolute Gasteiger partial charge is 0.395 e. The Labute approximate surface area is 92.5 Å². The van der Waals surface area contributed by atoms with Crippen LogP contribution < -0.4 is 5.32 Å². The van der Waals surface area contributed by atoms with Crippen LogP contribution in [0.3, 0.4) is 0 Å². The lowest BCUT2D eigenvalue weighted by molar-refractivity contribution is 0.284. The minimum absolute atomic E-state index is 0.208. The molecule has 0 bridgehead atoms. The third-order valence-corrected chi connectivity index (χ3v) is 3.46. The van der Waals surface area contributed by atoms with E-state index in [2.05, 4.69) is 39.4 Å². The Morgan fingerprint density at radius 3 is 3.14 bits per heavy atom. The van der Waals surface area contributed by atoms with Crippen LogP contribution in [0.1, 0.15) is 23.6 Å². The summed E-state index contributed by atoms with van der Waals surface area (Å²) in [6, 6.07) is 6.76. The minimum atomic E-state index is 0.208. The van der Waals surface area contributed by atoms with Gasteiger partial charge in [-0.3, -0.25) is 0 Å². The van der Waals surface area contributed by atoms with Gasteiger partial charge in [0, 0.05) is 17.1 Å². The third-order valence-electron chi connectivity index (χ3n) is 2.72. The molecule has 76 valence electrons. The SMILES string of the molecule is OCCNC1CCc2c(Br)cccc21. The van der Waals surface area contributed by atoms with Gasteiger partial charge in [-0.2, -0.15) is 0 Å². The van der Waals surface area contributed by atoms with Gasteiger partial charge in [0.2, 0.25) is 0 Å². The van der Waals surface area contributed by atoms with Gasteiger partial charge in [-0.1, -0.05) is 28.1 Å². The van der Waals surface area contributed by atoms with Gasteiger partial charge in [0.05, 0.1) is 6.61 Å². The molecule has 1 aromatic carbocycles. The van der Waals surface area contributed by atoms with Gasteiger partial charge in [0.1, 0.15) is 0 Å². The van der Waals surface area contributed by atoms with Crippen molar-refractivity contribution in [2.45, 2.75) is 18.9 Å². The van der Waals surface area contributed by atoms with Crippen molar-refractivity contribution in [3.05, 3.63) is 33.8 Å². The van der Waals surface area contributed by atoms with E-state index in [-0.39, 0.29) is 6.61 Å². The lowest BCUT2D eigenvalue weighted by Gasteiger charge is -2.12. The summed E-state index contributed by atoms with van der Waals surface area (Å²) in [5.74, 6) is 0. The minimum Gasteiger partial charge on any atom is -0.395 e. The maximum atomic E-state index is 8.76. The van der Waals surface area contributed by atoms with Crippen molar-refractivity contribution in [1.29, 1.82) is 0 Å². The van der Waals surface area contributed by atoms with Crippen LogP contribution in [-0.4, -0.2) is 18.3 Å². The Balaban J connectivity index is 2.18. The highest BCUT2D eigenvalue weighted by atomic mass is 79.9. The monoisotopic (exact) mass is 255 g/mol. The van der Waals surface area contributed by atoms with E-state index in [1.165, 1.54) is 15.6 Å². The van der Waals surface area contributed by atoms with E-state index in [1.54, 1.807) is 0 Å². The van der Waals surface area contributed by atoms with E-state index in [4.69, 9.17) is 5.11 Å². The topological polar surface area (TPSA) is 32.3 Å². The predicted molar refractivity (Wildman–Crippen MR) is 60.3 cm³/mol. The smallest absolute Gasteiger partial charge is 0.0556 e. The van der Waals surface area contributed by atoms with Crippen molar-refractivity contribution in [3.63, 3.8) is 0 Å². The zero-order valence-corrected chi connectivity index (χ0v) is 9.55. The van der Waals surface area contributed by atoms with Crippen LogP contribution in [0.15, 0.2) is 22.7 Å². The average molecular weight is 256 g/mol. The summed E-state index contributed by atoms with van der Waals surface area (Å²) >= 11 is 3.57. The summed E-state index contributed by atoms with van der Waals surface area (Å²) in [4.78, 5) is 0. The first-order valence-corrected chi connectivity index (χ1v) is 5.73. The first-order chi connectivity index (χ1) is 6.83. The molecule has 0 amide bonds. The number of aliphatic hydroxyl groups excluding tert-OH is 1. The van der Waals surface area contributed by atoms with Gasteiger partial charge >= 0.3 is 0 Å². The van der Waals surface area contributed by atoms with Gasteiger partial charge < -0.3 is 10.4 Å². The fourth-order valence-corrected chi connectivity index (χ4v) is 2.64. The molecule has 0 saturated heterocycles. The summed E-state index contributed by atoms with van der Waals surface area (Å²) < 4.78 is 1.21. The van der Waals surface area contributed by atoms with Crippen molar-refractivity contribution in [1.82, 2.24) is 5.32 Å². The molecule has 0 radical (unpaired) electrons. The second-order valence-corrected chi connectivity index (χ2v) is 4.43. The molecule has 2 nitrogen and oxygen atoms in total. The van der Waals surface area contributed by atoms with Gasteiger partial charge in [0.15, 0.2) is 0 Å². The molecule has 1 aliphatic rings. The van der Waals surface area contributed by atoms with E-state index in [0.29, 0.717) is 12.6 Å². The Morgan fingerprint density at radius 2 is 2.36 bits per heavy atom. The number of halogens is 1. The molecule has 2 rings (SSSR count). The molecular formula is C11H14BrNO. The average Bonchev–Trinajstić information content (AvgIpc) is 2.60. The Morgan fingerprint density at radius 1 is 1.50 bits per heavy atom. The second-order valence-electron chi connectivity index (χ2n) is 3.58. The first kappa shape index (κ1) is 10.1. The summed E-state index contributed by atoms with van der Waals surface area (Å²) in [5.41, 5.74) is 2.80. The molecule has 1 aromatic rings. The lowest BCUT2D eigenvalue weighted by atomic mass is 10.1. The van der Waals surface area contributed by atoms with E-state index >= 15 is 0 Å². The van der Waals surface area contributed by atoms with Gasteiger partial charge in [0.25, 0.3) is 0 Å². The number of aliphatic hydroxyl groups is 1. The fraction of sp³-hybridized carbons (Fsp3) is 0.455. The summed E-state index contributed by atoms with van der Waals surface area (Å²) in [5, 5.41) is 12.1. The maximum absolute atomic E-state index is 8.76. The van der Waals surface area contributed by atoms with Crippen molar-refractivity contribution < 1.29 is 5.11 Å². The Bertz CT molecular complexity index is 327. The second kappa shape index (κ2) is 4.43. The van der Waals surface area contributed by atoms with Gasteiger partial charge in [-0.05, 0) is 30.0 Å². The number of benzene rings is 1. The molecule has 0 spiro atoms. The van der Waals surface area contributed by atoms with Crippen LogP contribution in [0.5, 0.6) is 0 Å². The van der Waals surface area contributed by atoms with Crippen LogP contribution in [0.25, 0.3) is 0 Å². The molecular weight excluding hydrogens is 242 g/mol. The molecule has 0 aliphatic heterocycles. The number of hydrogen-bond acceptors (Lipinski definition) is 2. The van der Waals surface area contributed by atoms with E-state index in [0.717, 1.165) is 12.8 Å². The highest BCUT2D eigenvalue weighted by molar-refractivity contribution is 9.10. The quantitative estimate of drug-likeness (QED) is 0.867. The van der Waals surface area contributed by atoms with Crippen molar-refractivity contribution >= 4 is 15.9 Å². The molecule has 0 heterocycles. The molecule has 0 fully saturated rings. The lowest BCUT2D eigenvalue weighted by Crippen LogP contribution is -2.22. The molecule has 14 heavy (non-hydrogen) atoms. The third kappa shape index (κ3) is 1.85. The Hall–Kier alpha value is -0.380. The zero-order valence-electron chi connectivity index (χ0n) is 7.96. The first-order valence-electron chi connectivity index (χ1n) is 4.94. The predicted octanol–water partition coefficient (Wildman–Crippen LogP) is 2.02. The molecule has 0 saturated carbocycles. The number of nitrogens with one attached hydrogen (secondary N) is 1. The zero-order chi connectivity index (χ0) is 9.97. The van der Waals surface area contributed by atoms with Gasteiger partial charge in [-0.25, -0.2) is 0 Å². The van der Waals surface area contributed by atoms with Crippen LogP contribution in [0.4, 0.5) is 0 Å². The van der Waals surface area contributed by atoms with E-state index < -0.39 is 0 Å². The Kier molecular flexibility index (Phi) is 3.21. The van der Waals surface area contributed by atoms with Crippen molar-refractivity contribution in [2.75, 3.05) is 13.2 Å². The number of rotatable bonds is 3. The summed E-state index contributed by atoms with van der Waals surface area (Å²) in [6.45, 7) is 0.885.